The smallest absolute Gasteiger partial charge is 0.306 e. The standard InChI is InChI=1S/C28H35N3O4/c1-5-7-10-19-30(25(32)17-18-26(33)35-6-2)21(4)27-29-24-12-9-8-11-23(24)28(34)31(27)22-15-13-20(3)14-16-22/h8-9,11-16,21H,5-7,10,17-19H2,1-4H3. The minimum absolute atomic E-state index is 0.0274. The van der Waals surface area contributed by atoms with Gasteiger partial charge in [-0.2, -0.15) is 0 Å². The van der Waals surface area contributed by atoms with Gasteiger partial charge in [-0.3, -0.25) is 19.0 Å². The van der Waals surface area contributed by atoms with E-state index in [0.29, 0.717) is 29.0 Å². The fourth-order valence-corrected chi connectivity index (χ4v) is 4.17. The summed E-state index contributed by atoms with van der Waals surface area (Å²) in [4.78, 5) is 45.4. The van der Waals surface area contributed by atoms with E-state index in [0.717, 1.165) is 24.8 Å². The van der Waals surface area contributed by atoms with Gasteiger partial charge in [0.25, 0.3) is 5.56 Å². The number of hydrogen-bond acceptors (Lipinski definition) is 5. The van der Waals surface area contributed by atoms with Crippen molar-refractivity contribution in [3.63, 3.8) is 0 Å². The second-order valence-electron chi connectivity index (χ2n) is 8.74. The number of esters is 1. The first-order valence-electron chi connectivity index (χ1n) is 12.4. The first-order chi connectivity index (χ1) is 16.9. The number of carbonyl (C=O) groups is 2. The van der Waals surface area contributed by atoms with Gasteiger partial charge in [0, 0.05) is 13.0 Å². The number of amides is 1. The third kappa shape index (κ3) is 6.35. The summed E-state index contributed by atoms with van der Waals surface area (Å²) in [5, 5.41) is 0.523. The fraction of sp³-hybridized carbons (Fsp3) is 0.429. The second kappa shape index (κ2) is 12.3. The number of unbranched alkanes of at least 4 members (excludes halogenated alkanes) is 2. The van der Waals surface area contributed by atoms with Gasteiger partial charge in [0.1, 0.15) is 5.82 Å². The summed E-state index contributed by atoms with van der Waals surface area (Å²) < 4.78 is 6.61. The van der Waals surface area contributed by atoms with Crippen LogP contribution in [-0.2, 0) is 14.3 Å². The number of hydrogen-bond donors (Lipinski definition) is 0. The molecule has 3 rings (SSSR count). The van der Waals surface area contributed by atoms with Gasteiger partial charge < -0.3 is 9.64 Å². The topological polar surface area (TPSA) is 81.5 Å². The van der Waals surface area contributed by atoms with Crippen molar-refractivity contribution < 1.29 is 14.3 Å². The normalized spacial score (nSPS) is 11.9. The van der Waals surface area contributed by atoms with Crippen LogP contribution in [0, 0.1) is 6.92 Å². The van der Waals surface area contributed by atoms with Gasteiger partial charge in [0.15, 0.2) is 0 Å². The van der Waals surface area contributed by atoms with Crippen molar-refractivity contribution in [3.8, 4) is 5.69 Å². The van der Waals surface area contributed by atoms with Crippen molar-refractivity contribution in [1.82, 2.24) is 14.5 Å². The lowest BCUT2D eigenvalue weighted by Crippen LogP contribution is -2.38. The van der Waals surface area contributed by atoms with Crippen LogP contribution in [0.25, 0.3) is 16.6 Å². The molecule has 0 aliphatic rings. The zero-order valence-electron chi connectivity index (χ0n) is 21.1. The molecule has 1 unspecified atom stereocenters. The minimum atomic E-state index is -0.472. The molecule has 35 heavy (non-hydrogen) atoms. The largest absolute Gasteiger partial charge is 0.466 e. The van der Waals surface area contributed by atoms with Crippen molar-refractivity contribution in [3.05, 3.63) is 70.3 Å². The van der Waals surface area contributed by atoms with Crippen molar-refractivity contribution in [2.24, 2.45) is 0 Å². The van der Waals surface area contributed by atoms with Crippen LogP contribution in [0.4, 0.5) is 0 Å². The van der Waals surface area contributed by atoms with Crippen LogP contribution in [-0.4, -0.2) is 39.5 Å². The molecule has 0 spiro atoms. The number of ether oxygens (including phenoxy) is 1. The van der Waals surface area contributed by atoms with E-state index in [9.17, 15) is 14.4 Å². The Labute approximate surface area is 206 Å². The van der Waals surface area contributed by atoms with Crippen LogP contribution in [0.15, 0.2) is 53.3 Å². The van der Waals surface area contributed by atoms with Crippen LogP contribution in [0.3, 0.4) is 0 Å². The Balaban J connectivity index is 2.07. The molecule has 0 fully saturated rings. The van der Waals surface area contributed by atoms with Gasteiger partial charge in [-0.1, -0.05) is 49.6 Å². The maximum absolute atomic E-state index is 13.6. The molecule has 0 aliphatic carbocycles. The molecule has 1 aromatic heterocycles. The van der Waals surface area contributed by atoms with E-state index in [1.165, 1.54) is 0 Å². The van der Waals surface area contributed by atoms with Crippen molar-refractivity contribution in [1.29, 1.82) is 0 Å². The molecule has 3 aromatic rings. The Bertz CT molecular complexity index is 1220. The predicted molar refractivity (Wildman–Crippen MR) is 138 cm³/mol. The Morgan fingerprint density at radius 1 is 1.03 bits per heavy atom. The quantitative estimate of drug-likeness (QED) is 0.283. The lowest BCUT2D eigenvalue weighted by atomic mass is 10.1. The number of benzene rings is 2. The van der Waals surface area contributed by atoms with Crippen LogP contribution in [0.2, 0.25) is 0 Å². The zero-order valence-corrected chi connectivity index (χ0v) is 21.1. The highest BCUT2D eigenvalue weighted by atomic mass is 16.5. The van der Waals surface area contributed by atoms with E-state index in [2.05, 4.69) is 6.92 Å². The molecule has 1 heterocycles. The van der Waals surface area contributed by atoms with Gasteiger partial charge in [0.2, 0.25) is 5.91 Å². The summed E-state index contributed by atoms with van der Waals surface area (Å²) in [6.07, 6.45) is 2.90. The van der Waals surface area contributed by atoms with Gasteiger partial charge in [0.05, 0.1) is 35.7 Å². The first kappa shape index (κ1) is 26.1. The van der Waals surface area contributed by atoms with E-state index >= 15 is 0 Å². The molecule has 1 atom stereocenters. The van der Waals surface area contributed by atoms with E-state index in [1.54, 1.807) is 22.5 Å². The highest BCUT2D eigenvalue weighted by Crippen LogP contribution is 2.24. The Kier molecular flexibility index (Phi) is 9.18. The molecule has 0 saturated heterocycles. The zero-order chi connectivity index (χ0) is 25.4. The predicted octanol–water partition coefficient (Wildman–Crippen LogP) is 5.12. The number of para-hydroxylation sites is 1. The fourth-order valence-electron chi connectivity index (χ4n) is 4.17. The monoisotopic (exact) mass is 477 g/mol. The lowest BCUT2D eigenvalue weighted by molar-refractivity contribution is -0.146. The van der Waals surface area contributed by atoms with Crippen LogP contribution < -0.4 is 5.56 Å². The maximum atomic E-state index is 13.6. The molecule has 1 amide bonds. The summed E-state index contributed by atoms with van der Waals surface area (Å²) in [6, 6.07) is 14.5. The Hall–Kier alpha value is -3.48. The summed E-state index contributed by atoms with van der Waals surface area (Å²) in [5.74, 6) is -0.0412. The van der Waals surface area contributed by atoms with Gasteiger partial charge >= 0.3 is 5.97 Å². The van der Waals surface area contributed by atoms with E-state index in [-0.39, 0.29) is 36.9 Å². The average Bonchev–Trinajstić information content (AvgIpc) is 2.86. The molecule has 7 heteroatoms. The summed E-state index contributed by atoms with van der Waals surface area (Å²) >= 11 is 0. The number of carbonyl (C=O) groups excluding carboxylic acids is 2. The molecule has 0 radical (unpaired) electrons. The van der Waals surface area contributed by atoms with E-state index < -0.39 is 6.04 Å². The molecular formula is C28H35N3O4. The van der Waals surface area contributed by atoms with Gasteiger partial charge in [-0.25, -0.2) is 4.98 Å². The van der Waals surface area contributed by atoms with Gasteiger partial charge in [-0.05, 0) is 51.5 Å². The highest BCUT2D eigenvalue weighted by molar-refractivity contribution is 5.82. The first-order valence-corrected chi connectivity index (χ1v) is 12.4. The Morgan fingerprint density at radius 3 is 2.43 bits per heavy atom. The van der Waals surface area contributed by atoms with E-state index in [4.69, 9.17) is 9.72 Å². The molecule has 7 nitrogen and oxygen atoms in total. The number of fused-ring (bicyclic) bond motifs is 1. The number of nitrogens with zero attached hydrogens (tertiary/aromatic N) is 3. The minimum Gasteiger partial charge on any atom is -0.466 e. The summed E-state index contributed by atoms with van der Waals surface area (Å²) in [7, 11) is 0. The highest BCUT2D eigenvalue weighted by Gasteiger charge is 2.27. The lowest BCUT2D eigenvalue weighted by Gasteiger charge is -2.31. The third-order valence-electron chi connectivity index (χ3n) is 6.11. The number of aromatic nitrogens is 2. The Morgan fingerprint density at radius 2 is 1.74 bits per heavy atom. The molecule has 0 aliphatic heterocycles. The SMILES string of the molecule is CCCCCN(C(=O)CCC(=O)OCC)C(C)c1nc2ccccc2c(=O)n1-c1ccc(C)cc1. The molecule has 0 N–H and O–H groups in total. The van der Waals surface area contributed by atoms with Crippen LogP contribution in [0.5, 0.6) is 0 Å². The second-order valence-corrected chi connectivity index (χ2v) is 8.74. The van der Waals surface area contributed by atoms with Gasteiger partial charge in [-0.15, -0.1) is 0 Å². The van der Waals surface area contributed by atoms with Crippen LogP contribution >= 0.6 is 0 Å². The average molecular weight is 478 g/mol. The van der Waals surface area contributed by atoms with Crippen molar-refractivity contribution >= 4 is 22.8 Å². The van der Waals surface area contributed by atoms with Crippen molar-refractivity contribution in [2.75, 3.05) is 13.2 Å². The molecule has 0 bridgehead atoms. The third-order valence-corrected chi connectivity index (χ3v) is 6.11. The van der Waals surface area contributed by atoms with E-state index in [1.807, 2.05) is 56.3 Å². The number of aryl methyl sites for hydroxylation is 1. The molecule has 0 saturated carbocycles. The summed E-state index contributed by atoms with van der Waals surface area (Å²) in [6.45, 7) is 8.55. The van der Waals surface area contributed by atoms with Crippen LogP contribution in [0.1, 0.15) is 70.3 Å². The summed E-state index contributed by atoms with van der Waals surface area (Å²) in [5.41, 5.74) is 2.21. The molecular weight excluding hydrogens is 442 g/mol. The van der Waals surface area contributed by atoms with Crippen molar-refractivity contribution in [2.45, 2.75) is 65.8 Å². The molecule has 186 valence electrons. The maximum Gasteiger partial charge on any atom is 0.306 e. The molecule has 2 aromatic carbocycles. The number of rotatable bonds is 11.